The van der Waals surface area contributed by atoms with Gasteiger partial charge >= 0.3 is 0 Å². The normalized spacial score (nSPS) is 11.5. The van der Waals surface area contributed by atoms with Gasteiger partial charge in [-0.05, 0) is 71.1 Å². The van der Waals surface area contributed by atoms with Crippen LogP contribution in [0.15, 0.2) is 73.1 Å². The molecule has 0 aliphatic carbocycles. The summed E-state index contributed by atoms with van der Waals surface area (Å²) in [4.78, 5) is 9.85. The van der Waals surface area contributed by atoms with Gasteiger partial charge in [-0.15, -0.1) is 5.10 Å². The van der Waals surface area contributed by atoms with E-state index in [4.69, 9.17) is 9.97 Å². The SMILES string of the molecule is CCCCc1nc2ccc(-c3nccn3CCCC)cc2n1-c1ccc(-c2ccccc2)c(-c2nnn[nH]2)c1C. The molecule has 3 aromatic carbocycles. The predicted molar refractivity (Wildman–Crippen MR) is 159 cm³/mol. The molecule has 0 saturated carbocycles. The molecule has 0 aliphatic rings. The Hall–Kier alpha value is -4.59. The predicted octanol–water partition coefficient (Wildman–Crippen LogP) is 7.19. The van der Waals surface area contributed by atoms with Crippen LogP contribution in [-0.4, -0.2) is 39.7 Å². The van der Waals surface area contributed by atoms with Crippen LogP contribution in [0, 0.1) is 6.92 Å². The second kappa shape index (κ2) is 11.3. The van der Waals surface area contributed by atoms with Crippen LogP contribution in [0.3, 0.4) is 0 Å². The molecule has 3 aromatic heterocycles. The fourth-order valence-corrected chi connectivity index (χ4v) is 5.49. The number of imidazole rings is 2. The molecular formula is C32H34N8. The van der Waals surface area contributed by atoms with Crippen LogP contribution in [0.1, 0.15) is 50.9 Å². The van der Waals surface area contributed by atoms with Gasteiger partial charge in [0.1, 0.15) is 11.6 Å². The lowest BCUT2D eigenvalue weighted by Gasteiger charge is -2.18. The Morgan fingerprint density at radius 3 is 2.52 bits per heavy atom. The minimum atomic E-state index is 0.649. The van der Waals surface area contributed by atoms with Crippen LogP contribution in [0.2, 0.25) is 0 Å². The van der Waals surface area contributed by atoms with E-state index in [0.717, 1.165) is 94.8 Å². The number of benzene rings is 3. The van der Waals surface area contributed by atoms with Gasteiger partial charge in [0.2, 0.25) is 0 Å². The lowest BCUT2D eigenvalue weighted by molar-refractivity contribution is 0.637. The number of nitrogens with one attached hydrogen (secondary N) is 1. The van der Waals surface area contributed by atoms with Crippen molar-refractivity contribution in [2.75, 3.05) is 0 Å². The van der Waals surface area contributed by atoms with Crippen LogP contribution in [0.25, 0.3) is 50.6 Å². The van der Waals surface area contributed by atoms with Gasteiger partial charge in [0, 0.05) is 36.5 Å². The third-order valence-electron chi connectivity index (χ3n) is 7.55. The molecule has 202 valence electrons. The van der Waals surface area contributed by atoms with Crippen LogP contribution >= 0.6 is 0 Å². The molecule has 8 nitrogen and oxygen atoms in total. The first kappa shape index (κ1) is 25.7. The van der Waals surface area contributed by atoms with Crippen molar-refractivity contribution in [1.82, 2.24) is 39.7 Å². The third-order valence-corrected chi connectivity index (χ3v) is 7.55. The number of unbranched alkanes of at least 4 members (excludes halogenated alkanes) is 2. The molecule has 0 radical (unpaired) electrons. The van der Waals surface area contributed by atoms with E-state index in [2.05, 4.69) is 111 Å². The van der Waals surface area contributed by atoms with Crippen molar-refractivity contribution in [1.29, 1.82) is 0 Å². The van der Waals surface area contributed by atoms with Crippen molar-refractivity contribution in [3.8, 4) is 39.6 Å². The molecule has 8 heteroatoms. The summed E-state index contributed by atoms with van der Waals surface area (Å²) in [6.07, 6.45) is 9.29. The summed E-state index contributed by atoms with van der Waals surface area (Å²) in [7, 11) is 0. The highest BCUT2D eigenvalue weighted by Gasteiger charge is 2.21. The smallest absolute Gasteiger partial charge is 0.180 e. The summed E-state index contributed by atoms with van der Waals surface area (Å²) in [6.45, 7) is 7.54. The second-order valence-corrected chi connectivity index (χ2v) is 10.2. The molecule has 1 N–H and O–H groups in total. The molecule has 40 heavy (non-hydrogen) atoms. The van der Waals surface area contributed by atoms with E-state index in [1.165, 1.54) is 0 Å². The fraction of sp³-hybridized carbons (Fsp3) is 0.281. The molecule has 3 heterocycles. The van der Waals surface area contributed by atoms with E-state index in [-0.39, 0.29) is 0 Å². The zero-order valence-corrected chi connectivity index (χ0v) is 23.3. The second-order valence-electron chi connectivity index (χ2n) is 10.2. The maximum absolute atomic E-state index is 5.12. The monoisotopic (exact) mass is 530 g/mol. The summed E-state index contributed by atoms with van der Waals surface area (Å²) in [5.74, 6) is 2.69. The van der Waals surface area contributed by atoms with Gasteiger partial charge in [-0.25, -0.2) is 15.1 Å². The number of aryl methyl sites for hydroxylation is 2. The average Bonchev–Trinajstić information content (AvgIpc) is 3.75. The molecule has 0 fully saturated rings. The van der Waals surface area contributed by atoms with E-state index < -0.39 is 0 Å². The molecule has 6 aromatic rings. The molecule has 0 amide bonds. The van der Waals surface area contributed by atoms with Gasteiger partial charge in [0.15, 0.2) is 5.82 Å². The average molecular weight is 531 g/mol. The highest BCUT2D eigenvalue weighted by atomic mass is 15.5. The first-order valence-electron chi connectivity index (χ1n) is 14.2. The molecule has 6 rings (SSSR count). The Kier molecular flexibility index (Phi) is 7.23. The zero-order valence-electron chi connectivity index (χ0n) is 23.3. The molecule has 0 saturated heterocycles. The number of nitrogens with zero attached hydrogens (tertiary/aromatic N) is 7. The molecule has 0 bridgehead atoms. The Morgan fingerprint density at radius 2 is 1.75 bits per heavy atom. The summed E-state index contributed by atoms with van der Waals surface area (Å²) in [5.41, 5.74) is 8.50. The number of hydrogen-bond donors (Lipinski definition) is 1. The summed E-state index contributed by atoms with van der Waals surface area (Å²) in [6, 6.07) is 21.3. The van der Waals surface area contributed by atoms with Crippen molar-refractivity contribution in [3.05, 3.63) is 84.4 Å². The van der Waals surface area contributed by atoms with Gasteiger partial charge in [-0.1, -0.05) is 63.1 Å². The number of rotatable bonds is 10. The highest BCUT2D eigenvalue weighted by Crippen LogP contribution is 2.37. The lowest BCUT2D eigenvalue weighted by Crippen LogP contribution is -2.06. The van der Waals surface area contributed by atoms with E-state index in [0.29, 0.717) is 5.82 Å². The van der Waals surface area contributed by atoms with Crippen molar-refractivity contribution < 1.29 is 0 Å². The van der Waals surface area contributed by atoms with Crippen molar-refractivity contribution in [3.63, 3.8) is 0 Å². The Labute approximate surface area is 234 Å². The largest absolute Gasteiger partial charge is 0.331 e. The maximum Gasteiger partial charge on any atom is 0.180 e. The van der Waals surface area contributed by atoms with Crippen LogP contribution in [0.5, 0.6) is 0 Å². The summed E-state index contributed by atoms with van der Waals surface area (Å²) in [5, 5.41) is 15.1. The maximum atomic E-state index is 5.12. The molecule has 0 unspecified atom stereocenters. The summed E-state index contributed by atoms with van der Waals surface area (Å²) < 4.78 is 4.57. The first-order chi connectivity index (χ1) is 19.7. The number of H-pyrrole nitrogens is 1. The van der Waals surface area contributed by atoms with Crippen LogP contribution in [0.4, 0.5) is 0 Å². The Bertz CT molecular complexity index is 1730. The minimum absolute atomic E-state index is 0.649. The van der Waals surface area contributed by atoms with Crippen molar-refractivity contribution in [2.24, 2.45) is 0 Å². The molecular weight excluding hydrogens is 496 g/mol. The van der Waals surface area contributed by atoms with Crippen LogP contribution < -0.4 is 0 Å². The van der Waals surface area contributed by atoms with Crippen molar-refractivity contribution in [2.45, 2.75) is 59.4 Å². The number of aromatic nitrogens is 8. The quantitative estimate of drug-likeness (QED) is 0.202. The van der Waals surface area contributed by atoms with Gasteiger partial charge in [0.25, 0.3) is 0 Å². The van der Waals surface area contributed by atoms with Gasteiger partial charge < -0.3 is 4.57 Å². The number of hydrogen-bond acceptors (Lipinski definition) is 5. The third kappa shape index (κ3) is 4.70. The van der Waals surface area contributed by atoms with Gasteiger partial charge in [0.05, 0.1) is 16.7 Å². The Balaban J connectivity index is 1.57. The Morgan fingerprint density at radius 1 is 0.900 bits per heavy atom. The summed E-state index contributed by atoms with van der Waals surface area (Å²) >= 11 is 0. The fourth-order valence-electron chi connectivity index (χ4n) is 5.49. The first-order valence-corrected chi connectivity index (χ1v) is 14.2. The molecule has 0 spiro atoms. The molecule has 0 atom stereocenters. The number of fused-ring (bicyclic) bond motifs is 1. The number of tetrazole rings is 1. The lowest BCUT2D eigenvalue weighted by atomic mass is 9.94. The highest BCUT2D eigenvalue weighted by molar-refractivity contribution is 5.88. The van der Waals surface area contributed by atoms with Crippen LogP contribution in [-0.2, 0) is 13.0 Å². The van der Waals surface area contributed by atoms with E-state index in [9.17, 15) is 0 Å². The topological polar surface area (TPSA) is 90.1 Å². The van der Waals surface area contributed by atoms with Gasteiger partial charge in [-0.3, -0.25) is 4.57 Å². The van der Waals surface area contributed by atoms with Crippen molar-refractivity contribution >= 4 is 11.0 Å². The van der Waals surface area contributed by atoms with E-state index in [1.54, 1.807) is 0 Å². The molecule has 0 aliphatic heterocycles. The van der Waals surface area contributed by atoms with E-state index in [1.807, 2.05) is 12.3 Å². The minimum Gasteiger partial charge on any atom is -0.331 e. The zero-order chi connectivity index (χ0) is 27.5. The standard InChI is InChI=1S/C32H34N8/c1-4-6-13-29-34-26-16-14-24(32-33-18-20-39(32)19-7-5-2)21-28(26)40(29)27-17-15-25(23-11-9-8-10-12-23)30(22(27)3)31-35-37-38-36-31/h8-12,14-18,20-21H,4-7,13,19H2,1-3H3,(H,35,36,37,38). The van der Waals surface area contributed by atoms with Gasteiger partial charge in [-0.2, -0.15) is 0 Å². The number of aromatic amines is 1. The van der Waals surface area contributed by atoms with E-state index >= 15 is 0 Å².